The normalized spacial score (nSPS) is 41.2. The molecular weight excluding hydrogens is 224 g/mol. The molecule has 3 atom stereocenters. The van der Waals surface area contributed by atoms with E-state index in [2.05, 4.69) is 25.7 Å². The summed E-state index contributed by atoms with van der Waals surface area (Å²) in [7, 11) is 1.85. The van der Waals surface area contributed by atoms with Crippen molar-refractivity contribution in [2.24, 2.45) is 17.1 Å². The van der Waals surface area contributed by atoms with Gasteiger partial charge in [0.25, 0.3) is 0 Å². The second-order valence-corrected chi connectivity index (χ2v) is 6.96. The Morgan fingerprint density at radius 3 is 2.56 bits per heavy atom. The van der Waals surface area contributed by atoms with E-state index in [0.717, 1.165) is 13.1 Å². The zero-order valence-corrected chi connectivity index (χ0v) is 12.5. The lowest BCUT2D eigenvalue weighted by atomic mass is 9.72. The van der Waals surface area contributed by atoms with Crippen LogP contribution in [0.4, 0.5) is 0 Å². The van der Waals surface area contributed by atoms with Crippen LogP contribution in [0.1, 0.15) is 46.5 Å². The van der Waals surface area contributed by atoms with Gasteiger partial charge in [-0.2, -0.15) is 0 Å². The average molecular weight is 254 g/mol. The van der Waals surface area contributed by atoms with Crippen molar-refractivity contribution in [2.75, 3.05) is 26.7 Å². The van der Waals surface area contributed by atoms with Crippen LogP contribution in [0.25, 0.3) is 0 Å². The van der Waals surface area contributed by atoms with E-state index in [1.165, 1.54) is 32.2 Å². The molecule has 1 saturated carbocycles. The molecule has 2 rings (SSSR count). The highest BCUT2D eigenvalue weighted by molar-refractivity contribution is 5.08. The number of hydrogen-bond acceptors (Lipinski definition) is 3. The third-order valence-corrected chi connectivity index (χ3v) is 5.79. The topological polar surface area (TPSA) is 38.5 Å². The summed E-state index contributed by atoms with van der Waals surface area (Å²) >= 11 is 0. The van der Waals surface area contributed by atoms with E-state index < -0.39 is 0 Å². The van der Waals surface area contributed by atoms with E-state index >= 15 is 0 Å². The summed E-state index contributed by atoms with van der Waals surface area (Å²) in [5, 5.41) is 0. The third-order valence-electron chi connectivity index (χ3n) is 5.79. The molecule has 1 aliphatic carbocycles. The van der Waals surface area contributed by atoms with Crippen LogP contribution < -0.4 is 5.73 Å². The quantitative estimate of drug-likeness (QED) is 0.839. The van der Waals surface area contributed by atoms with Crippen LogP contribution in [0.15, 0.2) is 0 Å². The van der Waals surface area contributed by atoms with Crippen molar-refractivity contribution in [1.29, 1.82) is 0 Å². The third kappa shape index (κ3) is 2.10. The first-order chi connectivity index (χ1) is 8.47. The summed E-state index contributed by atoms with van der Waals surface area (Å²) in [6.45, 7) is 10.1. The molecule has 1 heterocycles. The largest absolute Gasteiger partial charge is 0.380 e. The van der Waals surface area contributed by atoms with Gasteiger partial charge in [0.15, 0.2) is 0 Å². The van der Waals surface area contributed by atoms with Gasteiger partial charge < -0.3 is 10.5 Å². The maximum Gasteiger partial charge on any atom is 0.0724 e. The minimum Gasteiger partial charge on any atom is -0.380 e. The van der Waals surface area contributed by atoms with Crippen molar-refractivity contribution in [2.45, 2.75) is 58.1 Å². The predicted octanol–water partition coefficient (Wildman–Crippen LogP) is 2.25. The van der Waals surface area contributed by atoms with Crippen LogP contribution in [-0.2, 0) is 4.74 Å². The molecule has 2 aliphatic rings. The SMILES string of the molecule is COC1CN(C2(CN)CCCC2(C)C)CCC1C. The molecule has 18 heavy (non-hydrogen) atoms. The van der Waals surface area contributed by atoms with Crippen molar-refractivity contribution in [1.82, 2.24) is 4.90 Å². The highest BCUT2D eigenvalue weighted by atomic mass is 16.5. The summed E-state index contributed by atoms with van der Waals surface area (Å²) in [6.07, 6.45) is 5.47. The fourth-order valence-electron chi connectivity index (χ4n) is 4.22. The summed E-state index contributed by atoms with van der Waals surface area (Å²) in [4.78, 5) is 2.65. The number of methoxy groups -OCH3 is 1. The van der Waals surface area contributed by atoms with Crippen molar-refractivity contribution in [3.8, 4) is 0 Å². The predicted molar refractivity (Wildman–Crippen MR) is 75.6 cm³/mol. The molecule has 106 valence electrons. The molecule has 0 aromatic rings. The van der Waals surface area contributed by atoms with E-state index in [4.69, 9.17) is 10.5 Å². The van der Waals surface area contributed by atoms with E-state index in [1.54, 1.807) is 0 Å². The molecule has 3 heteroatoms. The summed E-state index contributed by atoms with van der Waals surface area (Å²) < 4.78 is 5.67. The minimum atomic E-state index is 0.198. The molecule has 2 fully saturated rings. The van der Waals surface area contributed by atoms with Crippen LogP contribution >= 0.6 is 0 Å². The Kier molecular flexibility index (Phi) is 4.05. The van der Waals surface area contributed by atoms with Gasteiger partial charge >= 0.3 is 0 Å². The second-order valence-electron chi connectivity index (χ2n) is 6.96. The van der Waals surface area contributed by atoms with E-state index in [9.17, 15) is 0 Å². The lowest BCUT2D eigenvalue weighted by Gasteiger charge is -2.53. The molecule has 0 aromatic carbocycles. The smallest absolute Gasteiger partial charge is 0.0724 e. The maximum absolute atomic E-state index is 6.21. The Morgan fingerprint density at radius 2 is 2.06 bits per heavy atom. The first-order valence-corrected chi connectivity index (χ1v) is 7.45. The Balaban J connectivity index is 2.18. The molecule has 0 spiro atoms. The molecule has 3 unspecified atom stereocenters. The fraction of sp³-hybridized carbons (Fsp3) is 1.00. The van der Waals surface area contributed by atoms with E-state index in [1.807, 2.05) is 7.11 Å². The van der Waals surface area contributed by atoms with Crippen molar-refractivity contribution in [3.63, 3.8) is 0 Å². The Labute approximate surface area is 112 Å². The van der Waals surface area contributed by atoms with Crippen LogP contribution in [0.5, 0.6) is 0 Å². The zero-order valence-electron chi connectivity index (χ0n) is 12.5. The van der Waals surface area contributed by atoms with Gasteiger partial charge in [-0.05, 0) is 37.1 Å². The molecule has 0 amide bonds. The number of likely N-dealkylation sites (tertiary alicyclic amines) is 1. The van der Waals surface area contributed by atoms with Gasteiger partial charge in [0.05, 0.1) is 6.10 Å². The number of ether oxygens (including phenoxy) is 1. The van der Waals surface area contributed by atoms with Crippen molar-refractivity contribution < 1.29 is 4.74 Å². The van der Waals surface area contributed by atoms with Crippen molar-refractivity contribution in [3.05, 3.63) is 0 Å². The lowest BCUT2D eigenvalue weighted by Crippen LogP contribution is -2.63. The van der Waals surface area contributed by atoms with E-state index in [-0.39, 0.29) is 5.54 Å². The van der Waals surface area contributed by atoms with Gasteiger partial charge in [-0.25, -0.2) is 0 Å². The molecular formula is C15H30N2O. The van der Waals surface area contributed by atoms with E-state index in [0.29, 0.717) is 17.4 Å². The number of piperidine rings is 1. The standard InChI is InChI=1S/C15H30N2O/c1-12-6-9-17(10-13(12)18-4)15(11-16)8-5-7-14(15,2)3/h12-13H,5-11,16H2,1-4H3. The fourth-order valence-corrected chi connectivity index (χ4v) is 4.22. The first kappa shape index (κ1) is 14.3. The van der Waals surface area contributed by atoms with Gasteiger partial charge in [0.1, 0.15) is 0 Å². The van der Waals surface area contributed by atoms with Gasteiger partial charge in [-0.1, -0.05) is 27.2 Å². The molecule has 0 bridgehead atoms. The second kappa shape index (κ2) is 5.10. The van der Waals surface area contributed by atoms with Gasteiger partial charge in [0, 0.05) is 25.7 Å². The Hall–Kier alpha value is -0.120. The number of nitrogens with two attached hydrogens (primary N) is 1. The molecule has 1 saturated heterocycles. The monoisotopic (exact) mass is 254 g/mol. The summed E-state index contributed by atoms with van der Waals surface area (Å²) in [6, 6.07) is 0. The Morgan fingerprint density at radius 1 is 1.33 bits per heavy atom. The highest BCUT2D eigenvalue weighted by Gasteiger charge is 2.52. The Bertz CT molecular complexity index is 292. The zero-order chi connectivity index (χ0) is 13.4. The molecule has 0 radical (unpaired) electrons. The first-order valence-electron chi connectivity index (χ1n) is 7.45. The molecule has 3 nitrogen and oxygen atoms in total. The van der Waals surface area contributed by atoms with Gasteiger partial charge in [-0.15, -0.1) is 0 Å². The van der Waals surface area contributed by atoms with Crippen molar-refractivity contribution >= 4 is 0 Å². The molecule has 0 aromatic heterocycles. The van der Waals surface area contributed by atoms with Crippen LogP contribution in [-0.4, -0.2) is 43.3 Å². The minimum absolute atomic E-state index is 0.198. The summed E-state index contributed by atoms with van der Waals surface area (Å²) in [5.41, 5.74) is 6.75. The summed E-state index contributed by atoms with van der Waals surface area (Å²) in [5.74, 6) is 0.672. The lowest BCUT2D eigenvalue weighted by molar-refractivity contribution is -0.0720. The number of rotatable bonds is 3. The maximum atomic E-state index is 6.21. The molecule has 2 N–H and O–H groups in total. The molecule has 1 aliphatic heterocycles. The number of hydrogen-bond donors (Lipinski definition) is 1. The number of nitrogens with zero attached hydrogens (tertiary/aromatic N) is 1. The van der Waals surface area contributed by atoms with Gasteiger partial charge in [-0.3, -0.25) is 4.90 Å². The van der Waals surface area contributed by atoms with Crippen LogP contribution in [0.3, 0.4) is 0 Å². The van der Waals surface area contributed by atoms with Crippen LogP contribution in [0, 0.1) is 11.3 Å². The van der Waals surface area contributed by atoms with Gasteiger partial charge in [0.2, 0.25) is 0 Å². The average Bonchev–Trinajstić information content (AvgIpc) is 2.65. The highest BCUT2D eigenvalue weighted by Crippen LogP contribution is 2.50. The van der Waals surface area contributed by atoms with Crippen LogP contribution in [0.2, 0.25) is 0 Å².